The molecule has 0 aromatic heterocycles. The van der Waals surface area contributed by atoms with Crippen LogP contribution in [0.5, 0.6) is 0 Å². The van der Waals surface area contributed by atoms with Crippen molar-refractivity contribution in [3.05, 3.63) is 0 Å². The van der Waals surface area contributed by atoms with Crippen LogP contribution in [0.15, 0.2) is 0 Å². The summed E-state index contributed by atoms with van der Waals surface area (Å²) in [6.45, 7) is 5.35. The van der Waals surface area contributed by atoms with E-state index >= 15 is 0 Å². The highest BCUT2D eigenvalue weighted by Crippen LogP contribution is 2.16. The third-order valence-corrected chi connectivity index (χ3v) is 2.05. The Hall–Kier alpha value is -0.160. The molecule has 0 radical (unpaired) electrons. The molecule has 4 heteroatoms. The van der Waals surface area contributed by atoms with E-state index in [0.29, 0.717) is 13.2 Å². The molecule has 0 bridgehead atoms. The summed E-state index contributed by atoms with van der Waals surface area (Å²) in [5.41, 5.74) is 0. The maximum atomic E-state index is 5.45. The van der Waals surface area contributed by atoms with Crippen LogP contribution >= 0.6 is 0 Å². The molecule has 0 spiro atoms. The van der Waals surface area contributed by atoms with Gasteiger partial charge in [-0.25, -0.2) is 0 Å². The molecule has 0 atom stereocenters. The molecule has 92 valence electrons. The normalized spacial score (nSPS) is 12.0. The number of hydrogen-bond donors (Lipinski definition) is 0. The van der Waals surface area contributed by atoms with Crippen LogP contribution in [-0.2, 0) is 18.9 Å². The average molecular weight is 220 g/mol. The Morgan fingerprint density at radius 2 is 1.20 bits per heavy atom. The second-order valence-electron chi connectivity index (χ2n) is 3.31. The van der Waals surface area contributed by atoms with Crippen LogP contribution < -0.4 is 0 Å². The summed E-state index contributed by atoms with van der Waals surface area (Å²) in [6.07, 6.45) is 2.75. The first-order chi connectivity index (χ1) is 7.24. The van der Waals surface area contributed by atoms with Gasteiger partial charge >= 0.3 is 6.16 Å². The highest BCUT2D eigenvalue weighted by atomic mass is 17.0. The Labute approximate surface area is 92.8 Å². The number of methoxy groups -OCH3 is 2. The molecule has 0 unspecified atom stereocenters. The molecule has 0 N–H and O–H groups in total. The number of ether oxygens (including phenoxy) is 4. The van der Waals surface area contributed by atoms with Crippen LogP contribution in [0, 0.1) is 0 Å². The summed E-state index contributed by atoms with van der Waals surface area (Å²) in [6, 6.07) is 0. The van der Waals surface area contributed by atoms with Crippen molar-refractivity contribution >= 4 is 0 Å². The molecule has 0 heterocycles. The van der Waals surface area contributed by atoms with E-state index < -0.39 is 6.16 Å². The minimum Gasteiger partial charge on any atom is -0.307 e. The average Bonchev–Trinajstić information content (AvgIpc) is 2.28. The Kier molecular flexibility index (Phi) is 9.00. The Morgan fingerprint density at radius 3 is 1.47 bits per heavy atom. The van der Waals surface area contributed by atoms with Crippen molar-refractivity contribution in [2.75, 3.05) is 27.4 Å². The van der Waals surface area contributed by atoms with E-state index in [0.717, 1.165) is 25.7 Å². The van der Waals surface area contributed by atoms with Gasteiger partial charge < -0.3 is 18.9 Å². The van der Waals surface area contributed by atoms with E-state index in [1.807, 2.05) is 0 Å². The quantitative estimate of drug-likeness (QED) is 0.419. The van der Waals surface area contributed by atoms with Gasteiger partial charge in [0, 0.05) is 14.2 Å². The van der Waals surface area contributed by atoms with E-state index in [4.69, 9.17) is 18.9 Å². The maximum absolute atomic E-state index is 5.45. The summed E-state index contributed by atoms with van der Waals surface area (Å²) in [7, 11) is 3.03. The molecular formula is C11H24O4. The van der Waals surface area contributed by atoms with Gasteiger partial charge in [0.15, 0.2) is 0 Å². The number of rotatable bonds is 10. The van der Waals surface area contributed by atoms with Gasteiger partial charge in [0.05, 0.1) is 13.2 Å². The fourth-order valence-electron chi connectivity index (χ4n) is 1.04. The summed E-state index contributed by atoms with van der Waals surface area (Å²) in [4.78, 5) is 0. The monoisotopic (exact) mass is 220 g/mol. The second kappa shape index (κ2) is 9.09. The molecule has 0 fully saturated rings. The third-order valence-electron chi connectivity index (χ3n) is 2.05. The lowest BCUT2D eigenvalue weighted by atomic mass is 10.4. The van der Waals surface area contributed by atoms with Crippen LogP contribution in [0.25, 0.3) is 0 Å². The zero-order chi connectivity index (χ0) is 11.6. The van der Waals surface area contributed by atoms with Crippen molar-refractivity contribution in [1.82, 2.24) is 0 Å². The molecule has 0 aromatic rings. The molecule has 0 amide bonds. The minimum atomic E-state index is -1.32. The van der Waals surface area contributed by atoms with Crippen molar-refractivity contribution in [2.24, 2.45) is 0 Å². The lowest BCUT2D eigenvalue weighted by Crippen LogP contribution is -2.40. The molecule has 0 saturated carbocycles. The van der Waals surface area contributed by atoms with Crippen molar-refractivity contribution in [2.45, 2.75) is 45.7 Å². The summed E-state index contributed by atoms with van der Waals surface area (Å²) in [5, 5.41) is 0. The Morgan fingerprint density at radius 1 is 0.800 bits per heavy atom. The maximum Gasteiger partial charge on any atom is 0.412 e. The van der Waals surface area contributed by atoms with Crippen LogP contribution in [0.2, 0.25) is 0 Å². The predicted molar refractivity (Wildman–Crippen MR) is 58.5 cm³/mol. The minimum absolute atomic E-state index is 0.574. The highest BCUT2D eigenvalue weighted by Gasteiger charge is 2.32. The molecule has 0 rings (SSSR count). The van der Waals surface area contributed by atoms with Crippen molar-refractivity contribution in [3.63, 3.8) is 0 Å². The van der Waals surface area contributed by atoms with Crippen molar-refractivity contribution in [1.29, 1.82) is 0 Å². The second-order valence-corrected chi connectivity index (χ2v) is 3.31. The molecule has 4 nitrogen and oxygen atoms in total. The third kappa shape index (κ3) is 6.10. The molecular weight excluding hydrogens is 196 g/mol. The van der Waals surface area contributed by atoms with Crippen LogP contribution in [0.1, 0.15) is 39.5 Å². The molecule has 0 saturated heterocycles. The Balaban J connectivity index is 3.93. The topological polar surface area (TPSA) is 36.9 Å². The van der Waals surface area contributed by atoms with Crippen LogP contribution in [-0.4, -0.2) is 33.6 Å². The number of hydrogen-bond acceptors (Lipinski definition) is 4. The predicted octanol–water partition coefficient (Wildman–Crippen LogP) is 2.52. The SMILES string of the molecule is CCCCOC(OC)(OC)OCCCC. The van der Waals surface area contributed by atoms with Gasteiger partial charge in [-0.3, -0.25) is 0 Å². The molecule has 0 aliphatic carbocycles. The van der Waals surface area contributed by atoms with Crippen molar-refractivity contribution < 1.29 is 18.9 Å². The molecule has 0 aromatic carbocycles. The highest BCUT2D eigenvalue weighted by molar-refractivity contribution is 4.42. The zero-order valence-electron chi connectivity index (χ0n) is 10.4. The first kappa shape index (κ1) is 14.8. The largest absolute Gasteiger partial charge is 0.412 e. The summed E-state index contributed by atoms with van der Waals surface area (Å²) >= 11 is 0. The van der Waals surface area contributed by atoms with Gasteiger partial charge in [-0.15, -0.1) is 0 Å². The van der Waals surface area contributed by atoms with Gasteiger partial charge in [0.1, 0.15) is 0 Å². The Bertz CT molecular complexity index is 123. The van der Waals surface area contributed by atoms with Gasteiger partial charge in [-0.1, -0.05) is 26.7 Å². The van der Waals surface area contributed by atoms with E-state index in [1.165, 1.54) is 14.2 Å². The fraction of sp³-hybridized carbons (Fsp3) is 1.00. The van der Waals surface area contributed by atoms with E-state index in [2.05, 4.69) is 13.8 Å². The first-order valence-corrected chi connectivity index (χ1v) is 5.62. The molecule has 0 aliphatic heterocycles. The van der Waals surface area contributed by atoms with E-state index in [9.17, 15) is 0 Å². The summed E-state index contributed by atoms with van der Waals surface area (Å²) in [5.74, 6) is 0. The van der Waals surface area contributed by atoms with Crippen LogP contribution in [0.3, 0.4) is 0 Å². The van der Waals surface area contributed by atoms with Gasteiger partial charge in [-0.2, -0.15) is 0 Å². The standard InChI is InChI=1S/C11H24O4/c1-5-7-9-14-11(12-3,13-4)15-10-8-6-2/h5-10H2,1-4H3. The van der Waals surface area contributed by atoms with Gasteiger partial charge in [-0.05, 0) is 12.8 Å². The summed E-state index contributed by atoms with van der Waals surface area (Å²) < 4.78 is 21.1. The first-order valence-electron chi connectivity index (χ1n) is 5.62. The van der Waals surface area contributed by atoms with E-state index in [-0.39, 0.29) is 0 Å². The smallest absolute Gasteiger partial charge is 0.307 e. The van der Waals surface area contributed by atoms with Crippen molar-refractivity contribution in [3.8, 4) is 0 Å². The number of unbranched alkanes of at least 4 members (excludes halogenated alkanes) is 2. The van der Waals surface area contributed by atoms with Gasteiger partial charge in [0.2, 0.25) is 0 Å². The van der Waals surface area contributed by atoms with Gasteiger partial charge in [0.25, 0.3) is 0 Å². The lowest BCUT2D eigenvalue weighted by molar-refractivity contribution is -0.486. The van der Waals surface area contributed by atoms with Crippen LogP contribution in [0.4, 0.5) is 0 Å². The zero-order valence-corrected chi connectivity index (χ0v) is 10.4. The molecule has 0 aliphatic rings. The van der Waals surface area contributed by atoms with E-state index in [1.54, 1.807) is 0 Å². The fourth-order valence-corrected chi connectivity index (χ4v) is 1.04. The molecule has 15 heavy (non-hydrogen) atoms. The lowest BCUT2D eigenvalue weighted by Gasteiger charge is -2.29.